The largest absolute Gasteiger partial charge is 0.356 e. The van der Waals surface area contributed by atoms with Crippen LogP contribution in [-0.4, -0.2) is 54.6 Å². The van der Waals surface area contributed by atoms with Gasteiger partial charge in [0.15, 0.2) is 5.96 Å². The number of aryl methyl sites for hydroxylation is 1. The number of pyridine rings is 1. The van der Waals surface area contributed by atoms with E-state index in [1.165, 1.54) is 44.2 Å². The SMILES string of the molecule is CN=C(NCCc1ccc(C)nc1)NC1CCN(C2CCCC2)C1. The van der Waals surface area contributed by atoms with E-state index in [0.717, 1.165) is 37.2 Å². The maximum absolute atomic E-state index is 4.38. The summed E-state index contributed by atoms with van der Waals surface area (Å²) in [5, 5.41) is 7.03. The highest BCUT2D eigenvalue weighted by Gasteiger charge is 2.30. The van der Waals surface area contributed by atoms with Gasteiger partial charge >= 0.3 is 0 Å². The standard InChI is InChI=1S/C19H31N5/c1-15-7-8-16(13-22-15)9-11-21-19(20-2)23-17-10-12-24(14-17)18-5-3-4-6-18/h7-8,13,17-18H,3-6,9-12,14H2,1-2H3,(H2,20,21,23). The maximum Gasteiger partial charge on any atom is 0.191 e. The number of hydrogen-bond donors (Lipinski definition) is 2. The summed E-state index contributed by atoms with van der Waals surface area (Å²) in [6, 6.07) is 5.58. The first-order valence-electron chi connectivity index (χ1n) is 9.37. The third-order valence-electron chi connectivity index (χ3n) is 5.30. The molecule has 1 aromatic heterocycles. The summed E-state index contributed by atoms with van der Waals surface area (Å²) in [6.45, 7) is 5.29. The summed E-state index contributed by atoms with van der Waals surface area (Å²) < 4.78 is 0. The van der Waals surface area contributed by atoms with Crippen molar-refractivity contribution in [3.05, 3.63) is 29.6 Å². The Bertz CT molecular complexity index is 533. The molecule has 0 amide bonds. The Morgan fingerprint density at radius 3 is 2.83 bits per heavy atom. The van der Waals surface area contributed by atoms with Crippen LogP contribution in [0.2, 0.25) is 0 Å². The Morgan fingerprint density at radius 1 is 1.29 bits per heavy atom. The summed E-state index contributed by atoms with van der Waals surface area (Å²) in [6.07, 6.45) is 9.76. The summed E-state index contributed by atoms with van der Waals surface area (Å²) in [4.78, 5) is 11.4. The molecule has 5 heteroatoms. The molecule has 1 saturated carbocycles. The smallest absolute Gasteiger partial charge is 0.191 e. The van der Waals surface area contributed by atoms with Gasteiger partial charge in [-0.2, -0.15) is 0 Å². The van der Waals surface area contributed by atoms with E-state index >= 15 is 0 Å². The first kappa shape index (κ1) is 17.2. The van der Waals surface area contributed by atoms with Crippen LogP contribution in [0.25, 0.3) is 0 Å². The molecular formula is C19H31N5. The molecule has 1 atom stereocenters. The van der Waals surface area contributed by atoms with Gasteiger partial charge in [-0.3, -0.25) is 14.9 Å². The molecule has 1 aliphatic carbocycles. The minimum Gasteiger partial charge on any atom is -0.356 e. The lowest BCUT2D eigenvalue weighted by Gasteiger charge is -2.24. The maximum atomic E-state index is 4.38. The van der Waals surface area contributed by atoms with Gasteiger partial charge in [-0.1, -0.05) is 18.9 Å². The Kier molecular flexibility index (Phi) is 6.07. The van der Waals surface area contributed by atoms with Crippen LogP contribution in [0.5, 0.6) is 0 Å². The number of likely N-dealkylation sites (tertiary alicyclic amines) is 1. The number of hydrogen-bond acceptors (Lipinski definition) is 3. The number of nitrogens with zero attached hydrogens (tertiary/aromatic N) is 3. The van der Waals surface area contributed by atoms with Crippen molar-refractivity contribution >= 4 is 5.96 Å². The molecule has 1 aromatic rings. The number of aliphatic imine (C=N–C) groups is 1. The molecule has 2 heterocycles. The van der Waals surface area contributed by atoms with Crippen molar-refractivity contribution in [2.45, 2.75) is 57.5 Å². The van der Waals surface area contributed by atoms with Crippen LogP contribution in [0.15, 0.2) is 23.3 Å². The molecule has 1 saturated heterocycles. The molecule has 24 heavy (non-hydrogen) atoms. The number of rotatable bonds is 5. The van der Waals surface area contributed by atoms with Crippen molar-refractivity contribution in [3.8, 4) is 0 Å². The van der Waals surface area contributed by atoms with Gasteiger partial charge in [0.05, 0.1) is 0 Å². The highest BCUT2D eigenvalue weighted by atomic mass is 15.3. The second-order valence-corrected chi connectivity index (χ2v) is 7.12. The molecule has 0 spiro atoms. The van der Waals surface area contributed by atoms with E-state index < -0.39 is 0 Å². The van der Waals surface area contributed by atoms with Gasteiger partial charge in [-0.15, -0.1) is 0 Å². The average molecular weight is 329 g/mol. The molecular weight excluding hydrogens is 298 g/mol. The number of aromatic nitrogens is 1. The molecule has 132 valence electrons. The molecule has 2 aliphatic rings. The minimum absolute atomic E-state index is 0.526. The zero-order chi connectivity index (χ0) is 16.8. The second kappa shape index (κ2) is 8.47. The lowest BCUT2D eigenvalue weighted by molar-refractivity contribution is 0.242. The Balaban J connectivity index is 1.39. The van der Waals surface area contributed by atoms with E-state index in [2.05, 4.69) is 37.6 Å². The Morgan fingerprint density at radius 2 is 2.12 bits per heavy atom. The summed E-state index contributed by atoms with van der Waals surface area (Å²) >= 11 is 0. The second-order valence-electron chi connectivity index (χ2n) is 7.12. The van der Waals surface area contributed by atoms with E-state index in [0.29, 0.717) is 6.04 Å². The summed E-state index contributed by atoms with van der Waals surface area (Å²) in [5.74, 6) is 0.924. The number of guanidine groups is 1. The van der Waals surface area contributed by atoms with Gasteiger partial charge in [0.2, 0.25) is 0 Å². The minimum atomic E-state index is 0.526. The van der Waals surface area contributed by atoms with E-state index in [-0.39, 0.29) is 0 Å². The first-order chi connectivity index (χ1) is 11.7. The molecule has 0 radical (unpaired) electrons. The van der Waals surface area contributed by atoms with Crippen LogP contribution in [0.1, 0.15) is 43.4 Å². The van der Waals surface area contributed by atoms with Gasteiger partial charge < -0.3 is 10.6 Å². The molecule has 5 nitrogen and oxygen atoms in total. The van der Waals surface area contributed by atoms with Crippen LogP contribution < -0.4 is 10.6 Å². The fourth-order valence-electron chi connectivity index (χ4n) is 3.87. The molecule has 2 N–H and O–H groups in total. The van der Waals surface area contributed by atoms with Gasteiger partial charge in [0.25, 0.3) is 0 Å². The third kappa shape index (κ3) is 4.69. The topological polar surface area (TPSA) is 52.6 Å². The average Bonchev–Trinajstić information content (AvgIpc) is 3.27. The van der Waals surface area contributed by atoms with Crippen molar-refractivity contribution in [1.29, 1.82) is 0 Å². The van der Waals surface area contributed by atoms with Crippen LogP contribution in [0, 0.1) is 6.92 Å². The van der Waals surface area contributed by atoms with Gasteiger partial charge in [0.1, 0.15) is 0 Å². The van der Waals surface area contributed by atoms with Crippen molar-refractivity contribution in [2.24, 2.45) is 4.99 Å². The lowest BCUT2D eigenvalue weighted by Crippen LogP contribution is -2.45. The Labute approximate surface area is 146 Å². The molecule has 3 rings (SSSR count). The summed E-state index contributed by atoms with van der Waals surface area (Å²) in [5.41, 5.74) is 2.33. The highest BCUT2D eigenvalue weighted by Crippen LogP contribution is 2.26. The predicted octanol–water partition coefficient (Wildman–Crippen LogP) is 2.11. The van der Waals surface area contributed by atoms with E-state index in [9.17, 15) is 0 Å². The zero-order valence-corrected chi connectivity index (χ0v) is 15.1. The zero-order valence-electron chi connectivity index (χ0n) is 15.1. The Hall–Kier alpha value is -1.62. The number of nitrogens with one attached hydrogen (secondary N) is 2. The van der Waals surface area contributed by atoms with Crippen LogP contribution in [0.4, 0.5) is 0 Å². The fourth-order valence-corrected chi connectivity index (χ4v) is 3.87. The molecule has 0 aromatic carbocycles. The molecule has 1 unspecified atom stereocenters. The van der Waals surface area contributed by atoms with Crippen molar-refractivity contribution in [2.75, 3.05) is 26.7 Å². The predicted molar refractivity (Wildman–Crippen MR) is 99.4 cm³/mol. The van der Waals surface area contributed by atoms with Crippen molar-refractivity contribution in [3.63, 3.8) is 0 Å². The van der Waals surface area contributed by atoms with Gasteiger partial charge in [-0.05, 0) is 44.2 Å². The van der Waals surface area contributed by atoms with Gasteiger partial charge in [0, 0.05) is 50.7 Å². The van der Waals surface area contributed by atoms with Crippen molar-refractivity contribution in [1.82, 2.24) is 20.5 Å². The lowest BCUT2D eigenvalue weighted by atomic mass is 10.2. The van der Waals surface area contributed by atoms with Crippen molar-refractivity contribution < 1.29 is 0 Å². The first-order valence-corrected chi connectivity index (χ1v) is 9.37. The highest BCUT2D eigenvalue weighted by molar-refractivity contribution is 5.80. The van der Waals surface area contributed by atoms with E-state index in [1.54, 1.807) is 0 Å². The molecule has 1 aliphatic heterocycles. The van der Waals surface area contributed by atoms with Crippen LogP contribution in [0.3, 0.4) is 0 Å². The van der Waals surface area contributed by atoms with Gasteiger partial charge in [-0.25, -0.2) is 0 Å². The molecule has 2 fully saturated rings. The summed E-state index contributed by atoms with van der Waals surface area (Å²) in [7, 11) is 1.85. The van der Waals surface area contributed by atoms with Crippen LogP contribution in [-0.2, 0) is 6.42 Å². The van der Waals surface area contributed by atoms with E-state index in [1.807, 2.05) is 20.2 Å². The fraction of sp³-hybridized carbons (Fsp3) is 0.684. The third-order valence-corrected chi connectivity index (χ3v) is 5.30. The molecule has 0 bridgehead atoms. The quantitative estimate of drug-likeness (QED) is 0.642. The monoisotopic (exact) mass is 329 g/mol. The van der Waals surface area contributed by atoms with E-state index in [4.69, 9.17) is 0 Å². The van der Waals surface area contributed by atoms with Crippen LogP contribution >= 0.6 is 0 Å². The normalized spacial score (nSPS) is 22.9.